The molecule has 1 aromatic carbocycles. The fraction of sp³-hybridized carbons (Fsp3) is 0.333. The number of esters is 1. The van der Waals surface area contributed by atoms with Crippen molar-refractivity contribution in [1.29, 1.82) is 0 Å². The lowest BCUT2D eigenvalue weighted by atomic mass is 10.1. The number of ether oxygens (including phenoxy) is 1. The van der Waals surface area contributed by atoms with E-state index in [0.29, 0.717) is 6.07 Å². The van der Waals surface area contributed by atoms with Crippen LogP contribution in [-0.4, -0.2) is 29.9 Å². The summed E-state index contributed by atoms with van der Waals surface area (Å²) >= 11 is 0. The lowest BCUT2D eigenvalue weighted by Gasteiger charge is -2.07. The second-order valence-corrected chi connectivity index (χ2v) is 4.62. The van der Waals surface area contributed by atoms with Crippen molar-refractivity contribution in [2.45, 2.75) is 25.8 Å². The number of hydrogen-bond acceptors (Lipinski definition) is 4. The molecule has 1 aliphatic rings. The maximum atomic E-state index is 13.7. The average Bonchev–Trinajstić information content (AvgIpc) is 3.23. The zero-order chi connectivity index (χ0) is 15.4. The monoisotopic (exact) mass is 295 g/mol. The molecule has 0 aromatic heterocycles. The molecule has 1 aliphatic carbocycles. The van der Waals surface area contributed by atoms with Gasteiger partial charge in [0, 0.05) is 12.3 Å². The van der Waals surface area contributed by atoms with Crippen molar-refractivity contribution in [3.63, 3.8) is 0 Å². The van der Waals surface area contributed by atoms with Gasteiger partial charge in [-0.2, -0.15) is 0 Å². The summed E-state index contributed by atoms with van der Waals surface area (Å²) in [6, 6.07) is 2.81. The van der Waals surface area contributed by atoms with E-state index in [0.717, 1.165) is 25.0 Å². The van der Waals surface area contributed by atoms with E-state index in [9.17, 15) is 18.7 Å². The summed E-state index contributed by atoms with van der Waals surface area (Å²) in [5, 5.41) is 10.1. The fourth-order valence-electron chi connectivity index (χ4n) is 1.65. The Bertz CT molecular complexity index is 607. The SMILES string of the molecule is CCOC(=O)/C(C=NC1CC1)=C(/O)c1ccc(F)cc1F. The van der Waals surface area contributed by atoms with Crippen LogP contribution in [-0.2, 0) is 9.53 Å². The van der Waals surface area contributed by atoms with Gasteiger partial charge in [0.05, 0.1) is 18.2 Å². The molecule has 0 atom stereocenters. The Morgan fingerprint density at radius 2 is 2.19 bits per heavy atom. The highest BCUT2D eigenvalue weighted by molar-refractivity contribution is 6.15. The van der Waals surface area contributed by atoms with Gasteiger partial charge in [0.2, 0.25) is 0 Å². The van der Waals surface area contributed by atoms with Crippen LogP contribution in [0.4, 0.5) is 8.78 Å². The molecule has 0 spiro atoms. The average molecular weight is 295 g/mol. The molecule has 0 bridgehead atoms. The van der Waals surface area contributed by atoms with E-state index in [2.05, 4.69) is 4.99 Å². The van der Waals surface area contributed by atoms with Crippen LogP contribution in [0.25, 0.3) is 5.76 Å². The second-order valence-electron chi connectivity index (χ2n) is 4.62. The molecule has 0 radical (unpaired) electrons. The minimum Gasteiger partial charge on any atom is -0.506 e. The Balaban J connectivity index is 2.41. The van der Waals surface area contributed by atoms with E-state index in [1.165, 1.54) is 6.21 Å². The second kappa shape index (κ2) is 6.47. The molecule has 112 valence electrons. The molecule has 0 amide bonds. The molecule has 21 heavy (non-hydrogen) atoms. The minimum absolute atomic E-state index is 0.110. The predicted octanol–water partition coefficient (Wildman–Crippen LogP) is 3.03. The van der Waals surface area contributed by atoms with Crippen LogP contribution in [0.15, 0.2) is 28.8 Å². The third-order valence-electron chi connectivity index (χ3n) is 2.90. The third kappa shape index (κ3) is 3.87. The first-order valence-electron chi connectivity index (χ1n) is 6.62. The predicted molar refractivity (Wildman–Crippen MR) is 74.1 cm³/mol. The van der Waals surface area contributed by atoms with Crippen LogP contribution < -0.4 is 0 Å². The van der Waals surface area contributed by atoms with Crippen LogP contribution >= 0.6 is 0 Å². The summed E-state index contributed by atoms with van der Waals surface area (Å²) in [7, 11) is 0. The number of aliphatic hydroxyl groups is 1. The molecule has 4 nitrogen and oxygen atoms in total. The van der Waals surface area contributed by atoms with Crippen molar-refractivity contribution >= 4 is 17.9 Å². The molecule has 0 saturated heterocycles. The number of benzene rings is 1. The number of rotatable bonds is 5. The van der Waals surface area contributed by atoms with Gasteiger partial charge < -0.3 is 9.84 Å². The standard InChI is InChI=1S/C15H15F2NO3/c1-2-21-15(20)12(8-18-10-4-5-10)14(19)11-6-3-9(16)7-13(11)17/h3,6-8,10,19H,2,4-5H2,1H3/b14-12+,18-8?. The van der Waals surface area contributed by atoms with E-state index in [-0.39, 0.29) is 23.8 Å². The van der Waals surface area contributed by atoms with Crippen molar-refractivity contribution in [3.05, 3.63) is 41.0 Å². The first-order chi connectivity index (χ1) is 10.0. The molecule has 1 saturated carbocycles. The molecule has 0 unspecified atom stereocenters. The van der Waals surface area contributed by atoms with Crippen molar-refractivity contribution < 1.29 is 23.4 Å². The maximum absolute atomic E-state index is 13.7. The van der Waals surface area contributed by atoms with Crippen LogP contribution in [0.1, 0.15) is 25.3 Å². The van der Waals surface area contributed by atoms with Gasteiger partial charge >= 0.3 is 5.97 Å². The number of hydrogen-bond donors (Lipinski definition) is 1. The number of aliphatic imine (C=N–C) groups is 1. The Kier molecular flexibility index (Phi) is 4.67. The molecular formula is C15H15F2NO3. The van der Waals surface area contributed by atoms with Crippen molar-refractivity contribution in [1.82, 2.24) is 0 Å². The zero-order valence-corrected chi connectivity index (χ0v) is 11.5. The Morgan fingerprint density at radius 3 is 2.76 bits per heavy atom. The van der Waals surface area contributed by atoms with Crippen molar-refractivity contribution in [3.8, 4) is 0 Å². The lowest BCUT2D eigenvalue weighted by Crippen LogP contribution is -2.12. The van der Waals surface area contributed by atoms with E-state index >= 15 is 0 Å². The van der Waals surface area contributed by atoms with Gasteiger partial charge in [0.15, 0.2) is 0 Å². The quantitative estimate of drug-likeness (QED) is 0.393. The van der Waals surface area contributed by atoms with Gasteiger partial charge in [0.25, 0.3) is 0 Å². The summed E-state index contributed by atoms with van der Waals surface area (Å²) in [5.74, 6) is -3.15. The van der Waals surface area contributed by atoms with E-state index in [1.807, 2.05) is 0 Å². The number of halogens is 2. The Labute approximate surface area is 120 Å². The van der Waals surface area contributed by atoms with Gasteiger partial charge in [-0.05, 0) is 31.9 Å². The number of carbonyl (C=O) groups is 1. The summed E-state index contributed by atoms with van der Waals surface area (Å²) in [6.45, 7) is 1.72. The Hall–Kier alpha value is -2.24. The summed E-state index contributed by atoms with van der Waals surface area (Å²) < 4.78 is 31.4. The highest BCUT2D eigenvalue weighted by Crippen LogP contribution is 2.25. The number of carbonyl (C=O) groups excluding carboxylic acids is 1. The van der Waals surface area contributed by atoms with Crippen LogP contribution in [0, 0.1) is 11.6 Å². The highest BCUT2D eigenvalue weighted by atomic mass is 19.1. The first-order valence-corrected chi connectivity index (χ1v) is 6.62. The van der Waals surface area contributed by atoms with E-state index in [1.54, 1.807) is 6.92 Å². The van der Waals surface area contributed by atoms with Gasteiger partial charge in [-0.1, -0.05) is 0 Å². The van der Waals surface area contributed by atoms with Crippen LogP contribution in [0.3, 0.4) is 0 Å². The summed E-state index contributed by atoms with van der Waals surface area (Å²) in [5.41, 5.74) is -0.518. The van der Waals surface area contributed by atoms with Gasteiger partial charge in [-0.15, -0.1) is 0 Å². The van der Waals surface area contributed by atoms with Crippen molar-refractivity contribution in [2.24, 2.45) is 4.99 Å². The molecule has 6 heteroatoms. The molecule has 2 rings (SSSR count). The smallest absolute Gasteiger partial charge is 0.343 e. The molecule has 0 aliphatic heterocycles. The van der Waals surface area contributed by atoms with Gasteiger partial charge in [0.1, 0.15) is 23.0 Å². The highest BCUT2D eigenvalue weighted by Gasteiger charge is 2.22. The first kappa shape index (κ1) is 15.2. The molecule has 1 aromatic rings. The van der Waals surface area contributed by atoms with Gasteiger partial charge in [-0.25, -0.2) is 13.6 Å². The molecule has 1 fully saturated rings. The topological polar surface area (TPSA) is 58.9 Å². The third-order valence-corrected chi connectivity index (χ3v) is 2.90. The molecule has 1 N–H and O–H groups in total. The largest absolute Gasteiger partial charge is 0.506 e. The number of aliphatic hydroxyl groups excluding tert-OH is 1. The molecular weight excluding hydrogens is 280 g/mol. The van der Waals surface area contributed by atoms with Gasteiger partial charge in [-0.3, -0.25) is 4.99 Å². The summed E-state index contributed by atoms with van der Waals surface area (Å²) in [6.07, 6.45) is 3.02. The fourth-order valence-corrected chi connectivity index (χ4v) is 1.65. The summed E-state index contributed by atoms with van der Waals surface area (Å²) in [4.78, 5) is 15.9. The lowest BCUT2D eigenvalue weighted by molar-refractivity contribution is -0.137. The van der Waals surface area contributed by atoms with Crippen LogP contribution in [0.2, 0.25) is 0 Å². The molecule has 0 heterocycles. The normalized spacial score (nSPS) is 16.0. The van der Waals surface area contributed by atoms with Crippen molar-refractivity contribution in [2.75, 3.05) is 6.61 Å². The zero-order valence-electron chi connectivity index (χ0n) is 11.5. The maximum Gasteiger partial charge on any atom is 0.343 e. The number of nitrogens with zero attached hydrogens (tertiary/aromatic N) is 1. The van der Waals surface area contributed by atoms with E-state index in [4.69, 9.17) is 4.74 Å². The minimum atomic E-state index is -0.964. The van der Waals surface area contributed by atoms with E-state index < -0.39 is 23.4 Å². The Morgan fingerprint density at radius 1 is 1.48 bits per heavy atom. The van der Waals surface area contributed by atoms with Crippen LogP contribution in [0.5, 0.6) is 0 Å².